The molecule has 0 aromatic rings. The van der Waals surface area contributed by atoms with Gasteiger partial charge in [0.15, 0.2) is 0 Å². The first-order chi connectivity index (χ1) is 8.87. The molecule has 0 aromatic heterocycles. The minimum Gasteiger partial charge on any atom is -0.330 e. The molecule has 1 rings (SSSR count). The van der Waals surface area contributed by atoms with Gasteiger partial charge >= 0.3 is 0 Å². The smallest absolute Gasteiger partial charge is 0.279 e. The molecule has 0 spiro atoms. The molecule has 19 heavy (non-hydrogen) atoms. The molecule has 0 unspecified atom stereocenters. The lowest BCUT2D eigenvalue weighted by atomic mass is 9.88. The molecular weight excluding hydrogens is 262 g/mol. The molecule has 0 aliphatic carbocycles. The van der Waals surface area contributed by atoms with E-state index >= 15 is 0 Å². The van der Waals surface area contributed by atoms with Gasteiger partial charge in [0, 0.05) is 19.6 Å². The summed E-state index contributed by atoms with van der Waals surface area (Å²) in [5.41, 5.74) is 5.46. The molecule has 0 saturated carbocycles. The number of hydrogen-bond donors (Lipinski definition) is 2. The van der Waals surface area contributed by atoms with Gasteiger partial charge in [0.05, 0.1) is 0 Å². The maximum Gasteiger partial charge on any atom is 0.279 e. The summed E-state index contributed by atoms with van der Waals surface area (Å²) in [5, 5.41) is 0. The van der Waals surface area contributed by atoms with E-state index in [0.717, 1.165) is 38.5 Å². The van der Waals surface area contributed by atoms with Gasteiger partial charge in [-0.15, -0.1) is 0 Å². The molecule has 3 N–H and O–H groups in total. The molecule has 1 aliphatic rings. The van der Waals surface area contributed by atoms with Crippen molar-refractivity contribution in [3.63, 3.8) is 0 Å². The van der Waals surface area contributed by atoms with E-state index in [9.17, 15) is 8.42 Å². The van der Waals surface area contributed by atoms with Crippen LogP contribution in [-0.4, -0.2) is 38.9 Å². The molecule has 1 heterocycles. The second kappa shape index (κ2) is 7.57. The van der Waals surface area contributed by atoms with Crippen LogP contribution in [0.5, 0.6) is 0 Å². The van der Waals surface area contributed by atoms with Gasteiger partial charge in [-0.05, 0) is 37.6 Å². The third-order valence-electron chi connectivity index (χ3n) is 3.70. The van der Waals surface area contributed by atoms with Crippen LogP contribution in [0.4, 0.5) is 0 Å². The van der Waals surface area contributed by atoms with Gasteiger partial charge in [-0.25, -0.2) is 4.72 Å². The van der Waals surface area contributed by atoms with Crippen molar-refractivity contribution in [2.24, 2.45) is 11.1 Å². The van der Waals surface area contributed by atoms with Crippen molar-refractivity contribution in [2.75, 3.05) is 26.2 Å². The first-order valence-corrected chi connectivity index (χ1v) is 8.76. The molecule has 1 aliphatic heterocycles. The summed E-state index contributed by atoms with van der Waals surface area (Å²) in [6.07, 6.45) is 6.07. The monoisotopic (exact) mass is 291 g/mol. The first-order valence-electron chi connectivity index (χ1n) is 7.32. The SMILES string of the molecule is CC(C)(CCCN)CNS(=O)(=O)N1CCCCCC1. The largest absolute Gasteiger partial charge is 0.330 e. The molecule has 0 bridgehead atoms. The van der Waals surface area contributed by atoms with Gasteiger partial charge in [0.1, 0.15) is 0 Å². The summed E-state index contributed by atoms with van der Waals surface area (Å²) in [4.78, 5) is 0. The Kier molecular flexibility index (Phi) is 6.73. The van der Waals surface area contributed by atoms with Gasteiger partial charge in [-0.2, -0.15) is 12.7 Å². The fourth-order valence-corrected chi connectivity index (χ4v) is 3.82. The molecule has 0 radical (unpaired) electrons. The van der Waals surface area contributed by atoms with Crippen molar-refractivity contribution < 1.29 is 8.42 Å². The van der Waals surface area contributed by atoms with E-state index in [0.29, 0.717) is 26.2 Å². The second-order valence-corrected chi connectivity index (χ2v) is 7.95. The van der Waals surface area contributed by atoms with Crippen molar-refractivity contribution >= 4 is 10.2 Å². The van der Waals surface area contributed by atoms with E-state index in [1.165, 1.54) is 0 Å². The Morgan fingerprint density at radius 1 is 1.16 bits per heavy atom. The number of hydrogen-bond acceptors (Lipinski definition) is 3. The van der Waals surface area contributed by atoms with Crippen LogP contribution in [0.2, 0.25) is 0 Å². The highest BCUT2D eigenvalue weighted by molar-refractivity contribution is 7.87. The van der Waals surface area contributed by atoms with E-state index in [4.69, 9.17) is 5.73 Å². The van der Waals surface area contributed by atoms with Gasteiger partial charge in [0.25, 0.3) is 10.2 Å². The van der Waals surface area contributed by atoms with Crippen LogP contribution in [0.15, 0.2) is 0 Å². The molecule has 5 nitrogen and oxygen atoms in total. The molecule has 6 heteroatoms. The third-order valence-corrected chi connectivity index (χ3v) is 5.25. The van der Waals surface area contributed by atoms with E-state index < -0.39 is 10.2 Å². The van der Waals surface area contributed by atoms with Gasteiger partial charge in [-0.3, -0.25) is 0 Å². The number of rotatable bonds is 7. The fraction of sp³-hybridized carbons (Fsp3) is 1.00. The Hall–Kier alpha value is -0.170. The van der Waals surface area contributed by atoms with E-state index in [2.05, 4.69) is 18.6 Å². The highest BCUT2D eigenvalue weighted by Crippen LogP contribution is 2.21. The zero-order valence-electron chi connectivity index (χ0n) is 12.3. The Balaban J connectivity index is 2.49. The van der Waals surface area contributed by atoms with E-state index in [1.54, 1.807) is 4.31 Å². The number of nitrogens with zero attached hydrogens (tertiary/aromatic N) is 1. The van der Waals surface area contributed by atoms with Crippen molar-refractivity contribution in [1.82, 2.24) is 9.03 Å². The van der Waals surface area contributed by atoms with Crippen molar-refractivity contribution in [3.05, 3.63) is 0 Å². The minimum absolute atomic E-state index is 0.0434. The van der Waals surface area contributed by atoms with Crippen LogP contribution in [-0.2, 0) is 10.2 Å². The zero-order valence-corrected chi connectivity index (χ0v) is 13.1. The highest BCUT2D eigenvalue weighted by atomic mass is 32.2. The third kappa shape index (κ3) is 6.21. The lowest BCUT2D eigenvalue weighted by molar-refractivity contribution is 0.320. The fourth-order valence-electron chi connectivity index (χ4n) is 2.33. The average molecular weight is 291 g/mol. The van der Waals surface area contributed by atoms with E-state index in [1.807, 2.05) is 0 Å². The van der Waals surface area contributed by atoms with Crippen LogP contribution in [0.25, 0.3) is 0 Å². The van der Waals surface area contributed by atoms with Crippen LogP contribution >= 0.6 is 0 Å². The predicted molar refractivity (Wildman–Crippen MR) is 79.0 cm³/mol. The summed E-state index contributed by atoms with van der Waals surface area (Å²) in [5.74, 6) is 0. The molecule has 1 saturated heterocycles. The summed E-state index contributed by atoms with van der Waals surface area (Å²) >= 11 is 0. The maximum atomic E-state index is 12.2. The lowest BCUT2D eigenvalue weighted by Gasteiger charge is -2.27. The molecular formula is C13H29N3O2S. The van der Waals surface area contributed by atoms with Crippen LogP contribution < -0.4 is 10.5 Å². The average Bonchev–Trinajstić information content (AvgIpc) is 2.64. The van der Waals surface area contributed by atoms with Gasteiger partial charge < -0.3 is 5.73 Å². The quantitative estimate of drug-likeness (QED) is 0.745. The zero-order chi connectivity index (χ0) is 14.4. The first kappa shape index (κ1) is 16.9. The second-order valence-electron chi connectivity index (χ2n) is 6.20. The molecule has 1 fully saturated rings. The summed E-state index contributed by atoms with van der Waals surface area (Å²) in [7, 11) is -3.31. The summed E-state index contributed by atoms with van der Waals surface area (Å²) < 4.78 is 28.9. The molecule has 114 valence electrons. The Morgan fingerprint density at radius 3 is 2.26 bits per heavy atom. The molecule has 0 amide bonds. The standard InChI is InChI=1S/C13H29N3O2S/c1-13(2,8-7-9-14)12-15-19(17,18)16-10-5-3-4-6-11-16/h15H,3-12,14H2,1-2H3. The normalized spacial score (nSPS) is 19.3. The van der Waals surface area contributed by atoms with Crippen molar-refractivity contribution in [3.8, 4) is 0 Å². The minimum atomic E-state index is -3.31. The molecule has 0 atom stereocenters. The van der Waals surface area contributed by atoms with Gasteiger partial charge in [0.2, 0.25) is 0 Å². The van der Waals surface area contributed by atoms with E-state index in [-0.39, 0.29) is 5.41 Å². The van der Waals surface area contributed by atoms with Crippen LogP contribution in [0.3, 0.4) is 0 Å². The van der Waals surface area contributed by atoms with Gasteiger partial charge in [-0.1, -0.05) is 26.7 Å². The van der Waals surface area contributed by atoms with Crippen LogP contribution in [0, 0.1) is 5.41 Å². The van der Waals surface area contributed by atoms with Crippen molar-refractivity contribution in [2.45, 2.75) is 52.4 Å². The lowest BCUT2D eigenvalue weighted by Crippen LogP contribution is -2.44. The van der Waals surface area contributed by atoms with Crippen molar-refractivity contribution in [1.29, 1.82) is 0 Å². The molecule has 0 aromatic carbocycles. The summed E-state index contributed by atoms with van der Waals surface area (Å²) in [6, 6.07) is 0. The maximum absolute atomic E-state index is 12.2. The Bertz CT molecular complexity index is 347. The Labute approximate surface area is 118 Å². The van der Waals surface area contributed by atoms with Crippen LogP contribution in [0.1, 0.15) is 52.4 Å². The number of nitrogens with two attached hydrogens (primary N) is 1. The summed E-state index contributed by atoms with van der Waals surface area (Å²) in [6.45, 7) is 6.59. The Morgan fingerprint density at radius 2 is 1.74 bits per heavy atom. The number of nitrogens with one attached hydrogen (secondary N) is 1. The predicted octanol–water partition coefficient (Wildman–Crippen LogP) is 1.46. The highest BCUT2D eigenvalue weighted by Gasteiger charge is 2.26. The topological polar surface area (TPSA) is 75.4 Å².